The van der Waals surface area contributed by atoms with Gasteiger partial charge in [0, 0.05) is 18.7 Å². The summed E-state index contributed by atoms with van der Waals surface area (Å²) >= 11 is 0. The van der Waals surface area contributed by atoms with Gasteiger partial charge in [0.1, 0.15) is 0 Å². The molecular weight excluding hydrogens is 270 g/mol. The molecule has 0 unspecified atom stereocenters. The van der Waals surface area contributed by atoms with Crippen LogP contribution in [0.15, 0.2) is 18.2 Å². The normalized spacial score (nSPS) is 20.3. The van der Waals surface area contributed by atoms with Gasteiger partial charge < -0.3 is 14.4 Å². The molecule has 2 heterocycles. The van der Waals surface area contributed by atoms with Crippen LogP contribution in [0.25, 0.3) is 0 Å². The van der Waals surface area contributed by atoms with E-state index in [2.05, 4.69) is 0 Å². The van der Waals surface area contributed by atoms with Crippen LogP contribution < -0.4 is 9.47 Å². The molecule has 1 saturated heterocycles. The highest BCUT2D eigenvalue weighted by Gasteiger charge is 2.26. The molecule has 1 aromatic carbocycles. The Bertz CT molecular complexity index is 611. The number of amides is 1. The number of hydrogen-bond acceptors (Lipinski definition) is 5. The highest BCUT2D eigenvalue weighted by atomic mass is 32.2. The maximum absolute atomic E-state index is 12.2. The molecule has 0 N–H and O–H groups in total. The van der Waals surface area contributed by atoms with Crippen molar-refractivity contribution < 1.29 is 22.7 Å². The molecule has 102 valence electrons. The van der Waals surface area contributed by atoms with Gasteiger partial charge in [-0.2, -0.15) is 0 Å². The van der Waals surface area contributed by atoms with Crippen molar-refractivity contribution in [2.75, 3.05) is 31.4 Å². The summed E-state index contributed by atoms with van der Waals surface area (Å²) in [5.74, 6) is 1.06. The first-order valence-corrected chi connectivity index (χ1v) is 7.77. The van der Waals surface area contributed by atoms with Gasteiger partial charge in [0.2, 0.25) is 6.79 Å². The van der Waals surface area contributed by atoms with E-state index in [-0.39, 0.29) is 37.3 Å². The standard InChI is InChI=1S/C12H13NO5S/c14-12(13-3-5-19(15,16)6-4-13)9-1-2-10-11(7-9)18-8-17-10/h1-2,7H,3-6,8H2. The van der Waals surface area contributed by atoms with Gasteiger partial charge in [0.15, 0.2) is 21.3 Å². The lowest BCUT2D eigenvalue weighted by Gasteiger charge is -2.26. The Hall–Kier alpha value is -1.76. The molecule has 1 aromatic rings. The van der Waals surface area contributed by atoms with Crippen molar-refractivity contribution in [3.63, 3.8) is 0 Å². The van der Waals surface area contributed by atoms with Crippen LogP contribution in [-0.2, 0) is 9.84 Å². The minimum absolute atomic E-state index is 0.0310. The van der Waals surface area contributed by atoms with E-state index in [4.69, 9.17) is 9.47 Å². The van der Waals surface area contributed by atoms with E-state index in [1.54, 1.807) is 23.1 Å². The van der Waals surface area contributed by atoms with Gasteiger partial charge in [0.25, 0.3) is 5.91 Å². The van der Waals surface area contributed by atoms with E-state index in [1.165, 1.54) is 0 Å². The van der Waals surface area contributed by atoms with E-state index in [9.17, 15) is 13.2 Å². The third-order valence-corrected chi connectivity index (χ3v) is 4.86. The van der Waals surface area contributed by atoms with Crippen LogP contribution >= 0.6 is 0 Å². The highest BCUT2D eigenvalue weighted by molar-refractivity contribution is 7.91. The van der Waals surface area contributed by atoms with Crippen LogP contribution in [0.2, 0.25) is 0 Å². The van der Waals surface area contributed by atoms with Gasteiger partial charge >= 0.3 is 0 Å². The Morgan fingerprint density at radius 1 is 1.11 bits per heavy atom. The van der Waals surface area contributed by atoms with Crippen molar-refractivity contribution >= 4 is 15.7 Å². The molecule has 0 bridgehead atoms. The summed E-state index contributed by atoms with van der Waals surface area (Å²) in [7, 11) is -2.98. The molecule has 0 radical (unpaired) electrons. The Kier molecular flexibility index (Phi) is 2.85. The SMILES string of the molecule is O=C(c1ccc2c(c1)OCO2)N1CCS(=O)(=O)CC1. The Morgan fingerprint density at radius 2 is 1.79 bits per heavy atom. The molecule has 19 heavy (non-hydrogen) atoms. The lowest BCUT2D eigenvalue weighted by Crippen LogP contribution is -2.43. The zero-order valence-electron chi connectivity index (χ0n) is 10.2. The van der Waals surface area contributed by atoms with E-state index >= 15 is 0 Å². The van der Waals surface area contributed by atoms with Crippen molar-refractivity contribution in [1.82, 2.24) is 4.90 Å². The second-order valence-corrected chi connectivity index (χ2v) is 6.82. The van der Waals surface area contributed by atoms with Crippen molar-refractivity contribution in [3.8, 4) is 11.5 Å². The van der Waals surface area contributed by atoms with E-state index < -0.39 is 9.84 Å². The first-order chi connectivity index (χ1) is 9.05. The molecule has 6 nitrogen and oxygen atoms in total. The predicted molar refractivity (Wildman–Crippen MR) is 67.1 cm³/mol. The smallest absolute Gasteiger partial charge is 0.254 e. The van der Waals surface area contributed by atoms with Gasteiger partial charge in [0.05, 0.1) is 11.5 Å². The fourth-order valence-corrected chi connectivity index (χ4v) is 3.33. The van der Waals surface area contributed by atoms with Crippen molar-refractivity contribution in [2.24, 2.45) is 0 Å². The summed E-state index contributed by atoms with van der Waals surface area (Å²) in [5, 5.41) is 0. The predicted octanol–water partition coefficient (Wildman–Crippen LogP) is 0.286. The van der Waals surface area contributed by atoms with E-state index in [0.29, 0.717) is 17.1 Å². The number of carbonyl (C=O) groups excluding carboxylic acids is 1. The Balaban J connectivity index is 1.77. The van der Waals surface area contributed by atoms with Gasteiger partial charge in [-0.3, -0.25) is 4.79 Å². The summed E-state index contributed by atoms with van der Waals surface area (Å²) in [6.07, 6.45) is 0. The number of fused-ring (bicyclic) bond motifs is 1. The lowest BCUT2D eigenvalue weighted by molar-refractivity contribution is 0.0770. The van der Waals surface area contributed by atoms with Gasteiger partial charge in [-0.1, -0.05) is 0 Å². The summed E-state index contributed by atoms with van der Waals surface area (Å²) in [5.41, 5.74) is 0.489. The van der Waals surface area contributed by atoms with E-state index in [0.717, 1.165) is 0 Å². The fraction of sp³-hybridized carbons (Fsp3) is 0.417. The number of benzene rings is 1. The average molecular weight is 283 g/mol. The minimum atomic E-state index is -2.98. The quantitative estimate of drug-likeness (QED) is 0.740. The molecule has 0 aliphatic carbocycles. The molecule has 7 heteroatoms. The largest absolute Gasteiger partial charge is 0.454 e. The van der Waals surface area contributed by atoms with Gasteiger partial charge in [-0.15, -0.1) is 0 Å². The second kappa shape index (κ2) is 4.41. The number of rotatable bonds is 1. The summed E-state index contributed by atoms with van der Waals surface area (Å²) in [4.78, 5) is 13.8. The van der Waals surface area contributed by atoms with Crippen molar-refractivity contribution in [1.29, 1.82) is 0 Å². The molecule has 0 aromatic heterocycles. The van der Waals surface area contributed by atoms with Gasteiger partial charge in [-0.05, 0) is 18.2 Å². The van der Waals surface area contributed by atoms with Crippen LogP contribution in [0.4, 0.5) is 0 Å². The molecule has 2 aliphatic heterocycles. The molecular formula is C12H13NO5S. The monoisotopic (exact) mass is 283 g/mol. The number of nitrogens with zero attached hydrogens (tertiary/aromatic N) is 1. The number of hydrogen-bond donors (Lipinski definition) is 0. The first kappa shape index (κ1) is 12.3. The number of carbonyl (C=O) groups is 1. The molecule has 0 atom stereocenters. The van der Waals surface area contributed by atoms with E-state index in [1.807, 2.05) is 0 Å². The Morgan fingerprint density at radius 3 is 2.53 bits per heavy atom. The first-order valence-electron chi connectivity index (χ1n) is 5.94. The lowest BCUT2D eigenvalue weighted by atomic mass is 10.1. The zero-order chi connectivity index (χ0) is 13.5. The third-order valence-electron chi connectivity index (χ3n) is 3.25. The third kappa shape index (κ3) is 2.37. The molecule has 1 amide bonds. The number of sulfone groups is 1. The van der Waals surface area contributed by atoms with Crippen LogP contribution in [0.5, 0.6) is 11.5 Å². The summed E-state index contributed by atoms with van der Waals surface area (Å²) in [6, 6.07) is 4.99. The molecule has 2 aliphatic rings. The maximum Gasteiger partial charge on any atom is 0.254 e. The summed E-state index contributed by atoms with van der Waals surface area (Å²) in [6.45, 7) is 0.653. The highest BCUT2D eigenvalue weighted by Crippen LogP contribution is 2.32. The van der Waals surface area contributed by atoms with Gasteiger partial charge in [-0.25, -0.2) is 8.42 Å². The van der Waals surface area contributed by atoms with Crippen LogP contribution in [0.1, 0.15) is 10.4 Å². The number of ether oxygens (including phenoxy) is 2. The molecule has 1 fully saturated rings. The zero-order valence-corrected chi connectivity index (χ0v) is 11.0. The van der Waals surface area contributed by atoms with Crippen LogP contribution in [0, 0.1) is 0 Å². The fourth-order valence-electron chi connectivity index (χ4n) is 2.13. The van der Waals surface area contributed by atoms with Crippen LogP contribution in [0.3, 0.4) is 0 Å². The van der Waals surface area contributed by atoms with Crippen LogP contribution in [-0.4, -0.2) is 50.6 Å². The molecule has 3 rings (SSSR count). The maximum atomic E-state index is 12.2. The molecule has 0 spiro atoms. The van der Waals surface area contributed by atoms with Crippen molar-refractivity contribution in [3.05, 3.63) is 23.8 Å². The minimum Gasteiger partial charge on any atom is -0.454 e. The Labute approximate surface area is 110 Å². The summed E-state index contributed by atoms with van der Waals surface area (Å²) < 4.78 is 33.1. The molecule has 0 saturated carbocycles. The average Bonchev–Trinajstić information content (AvgIpc) is 2.85. The second-order valence-electron chi connectivity index (χ2n) is 4.51. The topological polar surface area (TPSA) is 72.9 Å². The van der Waals surface area contributed by atoms with Crippen molar-refractivity contribution in [2.45, 2.75) is 0 Å².